The van der Waals surface area contributed by atoms with Crippen LogP contribution in [0.1, 0.15) is 72.1 Å². The van der Waals surface area contributed by atoms with Crippen LogP contribution in [0.5, 0.6) is 0 Å². The quantitative estimate of drug-likeness (QED) is 0.722. The normalized spacial score (nSPS) is 52.2. The number of hydrogen-bond acceptors (Lipinski definition) is 2. The van der Waals surface area contributed by atoms with Gasteiger partial charge in [0.25, 0.3) is 0 Å². The third kappa shape index (κ3) is 2.13. The topological polar surface area (TPSA) is 37.3 Å². The van der Waals surface area contributed by atoms with Crippen molar-refractivity contribution in [1.82, 2.24) is 0 Å². The van der Waals surface area contributed by atoms with Crippen molar-refractivity contribution in [1.29, 1.82) is 0 Å². The highest BCUT2D eigenvalue weighted by Crippen LogP contribution is 2.65. The molecule has 128 valence electrons. The Hall–Kier alpha value is -0.630. The Kier molecular flexibility index (Phi) is 3.58. The molecule has 0 aromatic carbocycles. The van der Waals surface area contributed by atoms with Gasteiger partial charge in [0.15, 0.2) is 0 Å². The Labute approximate surface area is 140 Å². The van der Waals surface area contributed by atoms with E-state index >= 15 is 0 Å². The summed E-state index contributed by atoms with van der Waals surface area (Å²) in [6, 6.07) is 0. The predicted molar refractivity (Wildman–Crippen MR) is 91.9 cm³/mol. The SMILES string of the molecule is CC(=O)[C@H]1CC[C@H]2C3=CC[C@H]4C[C@H](O)CC[C@]4(C)[C@H]3CC[C@]12C. The van der Waals surface area contributed by atoms with Crippen LogP contribution in [0, 0.1) is 34.5 Å². The third-order valence-electron chi connectivity index (χ3n) is 8.54. The number of carbonyl (C=O) groups excluding carboxylic acids is 1. The molecule has 0 spiro atoms. The lowest BCUT2D eigenvalue weighted by atomic mass is 9.48. The van der Waals surface area contributed by atoms with Crippen molar-refractivity contribution >= 4 is 5.78 Å². The minimum Gasteiger partial charge on any atom is -0.393 e. The maximum absolute atomic E-state index is 12.1. The number of aliphatic hydroxyl groups is 1. The first kappa shape index (κ1) is 15.9. The number of carbonyl (C=O) groups is 1. The summed E-state index contributed by atoms with van der Waals surface area (Å²) >= 11 is 0. The van der Waals surface area contributed by atoms with E-state index in [1.165, 1.54) is 25.7 Å². The maximum Gasteiger partial charge on any atom is 0.133 e. The average molecular weight is 316 g/mol. The summed E-state index contributed by atoms with van der Waals surface area (Å²) in [7, 11) is 0. The molecule has 4 aliphatic carbocycles. The van der Waals surface area contributed by atoms with Crippen LogP contribution in [0.15, 0.2) is 11.6 Å². The molecule has 2 nitrogen and oxygen atoms in total. The van der Waals surface area contributed by atoms with Crippen molar-refractivity contribution in [3.05, 3.63) is 11.6 Å². The minimum atomic E-state index is -0.0783. The highest BCUT2D eigenvalue weighted by molar-refractivity contribution is 5.79. The van der Waals surface area contributed by atoms with E-state index < -0.39 is 0 Å². The molecular formula is C21H32O2. The van der Waals surface area contributed by atoms with Gasteiger partial charge in [0, 0.05) is 5.92 Å². The zero-order valence-corrected chi connectivity index (χ0v) is 15.0. The standard InChI is InChI=1S/C21H32O2/c1-13(22)17-6-7-18-16-5-4-14-12-15(23)8-10-20(14,2)19(16)9-11-21(17,18)3/h5,14-15,17-19,23H,4,6-12H2,1-3H3/t14-,15+,17+,18-,19-,20-,21+/m0/s1. The summed E-state index contributed by atoms with van der Waals surface area (Å²) in [5.74, 6) is 2.70. The summed E-state index contributed by atoms with van der Waals surface area (Å²) < 4.78 is 0. The highest BCUT2D eigenvalue weighted by Gasteiger charge is 2.58. The van der Waals surface area contributed by atoms with Crippen LogP contribution in [0.4, 0.5) is 0 Å². The number of allylic oxidation sites excluding steroid dienone is 2. The monoisotopic (exact) mass is 316 g/mol. The molecule has 1 N–H and O–H groups in total. The van der Waals surface area contributed by atoms with Gasteiger partial charge in [-0.1, -0.05) is 25.5 Å². The van der Waals surface area contributed by atoms with Gasteiger partial charge in [-0.2, -0.15) is 0 Å². The number of fused-ring (bicyclic) bond motifs is 5. The maximum atomic E-state index is 12.1. The van der Waals surface area contributed by atoms with Gasteiger partial charge >= 0.3 is 0 Å². The van der Waals surface area contributed by atoms with Gasteiger partial charge in [-0.3, -0.25) is 4.79 Å². The number of hydrogen-bond donors (Lipinski definition) is 1. The molecular weight excluding hydrogens is 284 g/mol. The molecule has 0 unspecified atom stereocenters. The van der Waals surface area contributed by atoms with Crippen molar-refractivity contribution in [2.45, 2.75) is 78.2 Å². The first-order valence-electron chi connectivity index (χ1n) is 9.74. The molecule has 3 saturated carbocycles. The number of aliphatic hydroxyl groups excluding tert-OH is 1. The largest absolute Gasteiger partial charge is 0.393 e. The van der Waals surface area contributed by atoms with Crippen molar-refractivity contribution in [3.8, 4) is 0 Å². The molecule has 4 aliphatic rings. The van der Waals surface area contributed by atoms with Crippen molar-refractivity contribution in [3.63, 3.8) is 0 Å². The lowest BCUT2D eigenvalue weighted by Gasteiger charge is -2.57. The highest BCUT2D eigenvalue weighted by atomic mass is 16.3. The zero-order valence-electron chi connectivity index (χ0n) is 15.0. The number of rotatable bonds is 1. The second-order valence-corrected chi connectivity index (χ2v) is 9.46. The fourth-order valence-electron chi connectivity index (χ4n) is 7.16. The molecule has 0 radical (unpaired) electrons. The predicted octanol–water partition coefficient (Wildman–Crippen LogP) is 4.52. The molecule has 0 bridgehead atoms. The molecule has 3 fully saturated rings. The van der Waals surface area contributed by atoms with E-state index in [0.717, 1.165) is 25.7 Å². The van der Waals surface area contributed by atoms with E-state index in [9.17, 15) is 9.90 Å². The molecule has 0 aliphatic heterocycles. The van der Waals surface area contributed by atoms with Crippen LogP contribution in [0.3, 0.4) is 0 Å². The summed E-state index contributed by atoms with van der Waals surface area (Å²) in [6.07, 6.45) is 11.6. The van der Waals surface area contributed by atoms with E-state index in [2.05, 4.69) is 19.9 Å². The fourth-order valence-corrected chi connectivity index (χ4v) is 7.16. The molecule has 0 heterocycles. The number of ketones is 1. The Balaban J connectivity index is 1.67. The second-order valence-electron chi connectivity index (χ2n) is 9.46. The Bertz CT molecular complexity index is 550. The van der Waals surface area contributed by atoms with E-state index in [4.69, 9.17) is 0 Å². The Morgan fingerprint density at radius 1 is 1.09 bits per heavy atom. The van der Waals surface area contributed by atoms with Crippen molar-refractivity contribution < 1.29 is 9.90 Å². The molecule has 0 aromatic rings. The lowest BCUT2D eigenvalue weighted by molar-refractivity contribution is -0.125. The first-order valence-corrected chi connectivity index (χ1v) is 9.74. The Morgan fingerprint density at radius 2 is 1.78 bits per heavy atom. The van der Waals surface area contributed by atoms with Crippen molar-refractivity contribution in [2.75, 3.05) is 0 Å². The van der Waals surface area contributed by atoms with Gasteiger partial charge in [0.05, 0.1) is 6.10 Å². The van der Waals surface area contributed by atoms with Gasteiger partial charge in [0.1, 0.15) is 5.78 Å². The van der Waals surface area contributed by atoms with Gasteiger partial charge in [-0.25, -0.2) is 0 Å². The molecule has 0 aromatic heterocycles. The number of Topliss-reactive ketones (excluding diaryl/α,β-unsaturated/α-hetero) is 1. The molecule has 2 heteroatoms. The smallest absolute Gasteiger partial charge is 0.133 e. The van der Waals surface area contributed by atoms with Crippen LogP contribution in [0.2, 0.25) is 0 Å². The molecule has 0 amide bonds. The minimum absolute atomic E-state index is 0.0783. The first-order chi connectivity index (χ1) is 10.9. The van der Waals surface area contributed by atoms with E-state index in [1.807, 2.05) is 0 Å². The molecule has 4 rings (SSSR count). The fraction of sp³-hybridized carbons (Fsp3) is 0.857. The Morgan fingerprint density at radius 3 is 2.52 bits per heavy atom. The third-order valence-corrected chi connectivity index (χ3v) is 8.54. The van der Waals surface area contributed by atoms with Crippen LogP contribution < -0.4 is 0 Å². The van der Waals surface area contributed by atoms with Crippen LogP contribution >= 0.6 is 0 Å². The summed E-state index contributed by atoms with van der Waals surface area (Å²) in [6.45, 7) is 6.70. The van der Waals surface area contributed by atoms with Gasteiger partial charge in [-0.05, 0) is 86.9 Å². The van der Waals surface area contributed by atoms with Crippen molar-refractivity contribution in [2.24, 2.45) is 34.5 Å². The molecule has 23 heavy (non-hydrogen) atoms. The van der Waals surface area contributed by atoms with E-state index in [1.54, 1.807) is 12.5 Å². The van der Waals surface area contributed by atoms with Crippen LogP contribution in [-0.4, -0.2) is 17.0 Å². The van der Waals surface area contributed by atoms with Gasteiger partial charge in [0.2, 0.25) is 0 Å². The summed E-state index contributed by atoms with van der Waals surface area (Å²) in [5, 5.41) is 10.1. The van der Waals surface area contributed by atoms with E-state index in [0.29, 0.717) is 29.0 Å². The van der Waals surface area contributed by atoms with Crippen LogP contribution in [0.25, 0.3) is 0 Å². The second kappa shape index (κ2) is 5.18. The molecule has 0 saturated heterocycles. The zero-order chi connectivity index (χ0) is 16.4. The van der Waals surface area contributed by atoms with Crippen LogP contribution in [-0.2, 0) is 4.79 Å². The van der Waals surface area contributed by atoms with Gasteiger partial charge in [-0.15, -0.1) is 0 Å². The summed E-state index contributed by atoms with van der Waals surface area (Å²) in [4.78, 5) is 12.1. The van der Waals surface area contributed by atoms with Gasteiger partial charge < -0.3 is 5.11 Å². The average Bonchev–Trinajstić information content (AvgIpc) is 2.85. The van der Waals surface area contributed by atoms with E-state index in [-0.39, 0.29) is 17.4 Å². The summed E-state index contributed by atoms with van der Waals surface area (Å²) in [5.41, 5.74) is 2.31. The molecule has 7 atom stereocenters. The lowest BCUT2D eigenvalue weighted by Crippen LogP contribution is -2.49.